The van der Waals surface area contributed by atoms with Crippen LogP contribution in [0.2, 0.25) is 0 Å². The van der Waals surface area contributed by atoms with Crippen LogP contribution >= 0.6 is 0 Å². The smallest absolute Gasteiger partial charge is 0.189 e. The number of hydrogen-bond donors (Lipinski definition) is 3. The highest BCUT2D eigenvalue weighted by Gasteiger charge is 2.36. The van der Waals surface area contributed by atoms with Crippen molar-refractivity contribution < 1.29 is 12.9 Å². The van der Waals surface area contributed by atoms with Crippen molar-refractivity contribution in [2.45, 2.75) is 29.5 Å². The summed E-state index contributed by atoms with van der Waals surface area (Å²) in [5.41, 5.74) is 20.8. The van der Waals surface area contributed by atoms with Gasteiger partial charge in [-0.15, -0.1) is 0 Å². The number of sulfone groups is 1. The average Bonchev–Trinajstić information content (AvgIpc) is 3.62. The number of rotatable bonds is 7. The number of aliphatic imine (C=N–C) groups is 1. The van der Waals surface area contributed by atoms with E-state index in [-0.39, 0.29) is 17.0 Å². The van der Waals surface area contributed by atoms with Gasteiger partial charge in [0.25, 0.3) is 0 Å². The first-order valence-corrected chi connectivity index (χ1v) is 12.4. The van der Waals surface area contributed by atoms with Crippen LogP contribution < -0.4 is 17.2 Å². The monoisotopic (exact) mass is 489 g/mol. The lowest BCUT2D eigenvalue weighted by Crippen LogP contribution is -2.22. The van der Waals surface area contributed by atoms with Gasteiger partial charge in [0.2, 0.25) is 0 Å². The van der Waals surface area contributed by atoms with Crippen LogP contribution in [0.4, 0.5) is 5.82 Å². The summed E-state index contributed by atoms with van der Waals surface area (Å²) in [6.45, 7) is 0.388. The third kappa shape index (κ3) is 4.71. The van der Waals surface area contributed by atoms with Crippen molar-refractivity contribution in [3.05, 3.63) is 66.4 Å². The first kappa shape index (κ1) is 22.5. The largest absolute Gasteiger partial charge is 0.382 e. The summed E-state index contributed by atoms with van der Waals surface area (Å²) in [5.74, 6) is 0.594. The van der Waals surface area contributed by atoms with Crippen LogP contribution in [0.3, 0.4) is 0 Å². The normalized spacial score (nSPS) is 13.5. The predicted octanol–water partition coefficient (Wildman–Crippen LogP) is 2.76. The molecule has 0 atom stereocenters. The van der Waals surface area contributed by atoms with E-state index in [0.29, 0.717) is 39.8 Å². The molecule has 0 bridgehead atoms. The summed E-state index contributed by atoms with van der Waals surface area (Å²) in [5, 5.41) is 3.88. The molecule has 0 radical (unpaired) electrons. The summed E-state index contributed by atoms with van der Waals surface area (Å²) < 4.78 is 30.4. The third-order valence-corrected chi connectivity index (χ3v) is 7.96. The molecule has 0 unspecified atom stereocenters. The van der Waals surface area contributed by atoms with E-state index in [4.69, 9.17) is 21.7 Å². The Bertz CT molecular complexity index is 1500. The van der Waals surface area contributed by atoms with Gasteiger partial charge in [0.15, 0.2) is 33.1 Å². The number of nitrogen functional groups attached to an aromatic ring is 1. The number of hydrogen-bond acceptors (Lipinski definition) is 8. The van der Waals surface area contributed by atoms with Gasteiger partial charge in [-0.05, 0) is 30.5 Å². The number of aromatic nitrogens is 3. The summed E-state index contributed by atoms with van der Waals surface area (Å²) in [7, 11) is -3.25. The lowest BCUT2D eigenvalue weighted by Gasteiger charge is -2.07. The zero-order valence-corrected chi connectivity index (χ0v) is 19.4. The van der Waals surface area contributed by atoms with Crippen LogP contribution in [0.15, 0.2) is 75.2 Å². The van der Waals surface area contributed by atoms with Crippen LogP contribution in [0.25, 0.3) is 34.0 Å². The van der Waals surface area contributed by atoms with Crippen molar-refractivity contribution in [3.63, 3.8) is 0 Å². The maximum atomic E-state index is 12.4. The van der Waals surface area contributed by atoms with Crippen LogP contribution in [-0.2, 0) is 16.4 Å². The van der Waals surface area contributed by atoms with E-state index in [1.54, 1.807) is 30.3 Å². The first-order valence-electron chi connectivity index (χ1n) is 10.9. The quantitative estimate of drug-likeness (QED) is 0.260. The Morgan fingerprint density at radius 3 is 2.31 bits per heavy atom. The highest BCUT2D eigenvalue weighted by molar-refractivity contribution is 7.92. The highest BCUT2D eigenvalue weighted by atomic mass is 32.2. The van der Waals surface area contributed by atoms with Gasteiger partial charge >= 0.3 is 0 Å². The molecule has 35 heavy (non-hydrogen) atoms. The molecule has 2 heterocycles. The molecule has 2 aromatic carbocycles. The minimum Gasteiger partial charge on any atom is -0.382 e. The SMILES string of the molecule is NC(N)=NCc1ccc(-c2cc(-c3nc(-c4ccc(S(=O)(=O)C5CC5)cc4)cnc3N)on2)cc1. The Labute approximate surface area is 201 Å². The minimum absolute atomic E-state index is 0.0374. The molecule has 10 nitrogen and oxygen atoms in total. The highest BCUT2D eigenvalue weighted by Crippen LogP contribution is 2.34. The van der Waals surface area contributed by atoms with Crippen molar-refractivity contribution in [2.75, 3.05) is 5.73 Å². The lowest BCUT2D eigenvalue weighted by atomic mass is 10.1. The maximum Gasteiger partial charge on any atom is 0.189 e. The number of benzene rings is 2. The van der Waals surface area contributed by atoms with Crippen LogP contribution in [0.1, 0.15) is 18.4 Å². The Balaban J connectivity index is 1.39. The van der Waals surface area contributed by atoms with E-state index in [0.717, 1.165) is 24.0 Å². The number of guanidine groups is 1. The fraction of sp³-hybridized carbons (Fsp3) is 0.167. The van der Waals surface area contributed by atoms with E-state index >= 15 is 0 Å². The molecule has 5 rings (SSSR count). The maximum absolute atomic E-state index is 12.4. The summed E-state index contributed by atoms with van der Waals surface area (Å²) >= 11 is 0. The van der Waals surface area contributed by atoms with Gasteiger partial charge in [-0.1, -0.05) is 41.6 Å². The molecular formula is C24H23N7O3S. The van der Waals surface area contributed by atoms with E-state index in [9.17, 15) is 8.42 Å². The molecule has 0 spiro atoms. The fourth-order valence-electron chi connectivity index (χ4n) is 3.59. The molecular weight excluding hydrogens is 466 g/mol. The van der Waals surface area contributed by atoms with Crippen LogP contribution in [0, 0.1) is 0 Å². The zero-order valence-electron chi connectivity index (χ0n) is 18.6. The number of anilines is 1. The van der Waals surface area contributed by atoms with Gasteiger partial charge in [-0.25, -0.2) is 23.4 Å². The predicted molar refractivity (Wildman–Crippen MR) is 133 cm³/mol. The molecule has 1 saturated carbocycles. The van der Waals surface area contributed by atoms with Crippen molar-refractivity contribution in [3.8, 4) is 34.0 Å². The molecule has 1 fully saturated rings. The second-order valence-electron chi connectivity index (χ2n) is 8.27. The molecule has 1 aliphatic carbocycles. The van der Waals surface area contributed by atoms with Crippen molar-refractivity contribution in [1.29, 1.82) is 0 Å². The molecule has 178 valence electrons. The van der Waals surface area contributed by atoms with E-state index < -0.39 is 9.84 Å². The molecule has 1 aliphatic rings. The third-order valence-electron chi connectivity index (χ3n) is 5.68. The summed E-state index contributed by atoms with van der Waals surface area (Å²) in [6, 6.07) is 16.0. The fourth-order valence-corrected chi connectivity index (χ4v) is 5.25. The lowest BCUT2D eigenvalue weighted by molar-refractivity contribution is 0.434. The molecule has 11 heteroatoms. The first-order chi connectivity index (χ1) is 16.8. The Hall–Kier alpha value is -4.25. The standard InChI is InChI=1S/C24H23N7O3S/c25-23-22(21-11-19(31-34-21)15-3-1-14(2-4-15)12-29-24(26)27)30-20(13-28-23)16-5-7-17(8-6-16)35(32,33)18-9-10-18/h1-8,11,13,18H,9-10,12H2,(H2,25,28)(H4,26,27,29). The summed E-state index contributed by atoms with van der Waals surface area (Å²) in [4.78, 5) is 13.2. The second-order valence-corrected chi connectivity index (χ2v) is 10.5. The molecule has 6 N–H and O–H groups in total. The Morgan fingerprint density at radius 1 is 1.00 bits per heavy atom. The molecule has 0 saturated heterocycles. The second kappa shape index (κ2) is 8.84. The van der Waals surface area contributed by atoms with E-state index in [1.807, 2.05) is 24.3 Å². The Kier molecular flexibility index (Phi) is 5.69. The molecule has 4 aromatic rings. The van der Waals surface area contributed by atoms with Crippen LogP contribution in [0.5, 0.6) is 0 Å². The zero-order chi connectivity index (χ0) is 24.6. The van der Waals surface area contributed by atoms with Gasteiger partial charge in [0.05, 0.1) is 28.6 Å². The van der Waals surface area contributed by atoms with Gasteiger partial charge in [-0.3, -0.25) is 0 Å². The van der Waals surface area contributed by atoms with Crippen molar-refractivity contribution in [2.24, 2.45) is 16.5 Å². The Morgan fingerprint density at radius 2 is 1.66 bits per heavy atom. The minimum atomic E-state index is -3.25. The molecule has 0 amide bonds. The topological polar surface area (TPSA) is 176 Å². The number of nitrogens with two attached hydrogens (primary N) is 3. The van der Waals surface area contributed by atoms with Crippen molar-refractivity contribution in [1.82, 2.24) is 15.1 Å². The van der Waals surface area contributed by atoms with Gasteiger partial charge in [0.1, 0.15) is 5.69 Å². The molecule has 0 aliphatic heterocycles. The van der Waals surface area contributed by atoms with Gasteiger partial charge in [-0.2, -0.15) is 0 Å². The van der Waals surface area contributed by atoms with Crippen molar-refractivity contribution >= 4 is 21.6 Å². The average molecular weight is 490 g/mol. The van der Waals surface area contributed by atoms with Crippen LogP contribution in [-0.4, -0.2) is 34.8 Å². The van der Waals surface area contributed by atoms with E-state index in [2.05, 4.69) is 20.1 Å². The molecule has 2 aromatic heterocycles. The van der Waals surface area contributed by atoms with Gasteiger partial charge in [0, 0.05) is 17.2 Å². The summed E-state index contributed by atoms with van der Waals surface area (Å²) in [6.07, 6.45) is 2.98. The van der Waals surface area contributed by atoms with Gasteiger partial charge < -0.3 is 21.7 Å². The van der Waals surface area contributed by atoms with E-state index in [1.165, 1.54) is 6.20 Å². The number of nitrogens with zero attached hydrogens (tertiary/aromatic N) is 4.